The van der Waals surface area contributed by atoms with Crippen molar-refractivity contribution in [2.75, 3.05) is 18.5 Å². The fourth-order valence-corrected chi connectivity index (χ4v) is 1.68. The maximum absolute atomic E-state index is 11.8. The van der Waals surface area contributed by atoms with Gasteiger partial charge in [-0.3, -0.25) is 9.00 Å². The molecule has 94 valence electrons. The van der Waals surface area contributed by atoms with Gasteiger partial charge in [-0.1, -0.05) is 17.7 Å². The third-order valence-electron chi connectivity index (χ3n) is 2.41. The van der Waals surface area contributed by atoms with E-state index in [-0.39, 0.29) is 16.8 Å². The van der Waals surface area contributed by atoms with Crippen molar-refractivity contribution in [2.45, 2.75) is 12.2 Å². The summed E-state index contributed by atoms with van der Waals surface area (Å²) in [7, 11) is -0.965. The Hall–Kier alpha value is -1.07. The van der Waals surface area contributed by atoms with E-state index in [1.165, 1.54) is 0 Å². The average Bonchev–Trinajstić information content (AvgIpc) is 2.29. The fraction of sp³-hybridized carbons (Fsp3) is 0.364. The second kappa shape index (κ2) is 6.02. The van der Waals surface area contributed by atoms with E-state index in [0.717, 1.165) is 0 Å². The van der Waals surface area contributed by atoms with E-state index in [0.29, 0.717) is 17.1 Å². The van der Waals surface area contributed by atoms with E-state index in [1.54, 1.807) is 31.4 Å². The van der Waals surface area contributed by atoms with Crippen molar-refractivity contribution in [3.8, 4) is 0 Å². The number of hydrogen-bond acceptors (Lipinski definition) is 3. The van der Waals surface area contributed by atoms with Crippen molar-refractivity contribution in [3.63, 3.8) is 0 Å². The molecule has 0 aliphatic heterocycles. The number of nitrogens with one attached hydrogen (secondary N) is 1. The first-order chi connectivity index (χ1) is 7.93. The number of hydrogen-bond donors (Lipinski definition) is 2. The van der Waals surface area contributed by atoms with Gasteiger partial charge in [0.2, 0.25) is 0 Å². The van der Waals surface area contributed by atoms with Gasteiger partial charge in [-0.15, -0.1) is 0 Å². The molecule has 0 radical (unpaired) electrons. The second-order valence-corrected chi connectivity index (χ2v) is 5.93. The molecule has 17 heavy (non-hydrogen) atoms. The van der Waals surface area contributed by atoms with E-state index in [2.05, 4.69) is 5.32 Å². The first-order valence-electron chi connectivity index (χ1n) is 5.08. The molecule has 0 saturated heterocycles. The van der Waals surface area contributed by atoms with Crippen LogP contribution in [0.15, 0.2) is 18.2 Å². The largest absolute Gasteiger partial charge is 0.397 e. The SMILES string of the molecule is CC(CNC(=O)c1cccc(Cl)c1N)S(C)=O. The molecular weight excluding hydrogens is 260 g/mol. The highest BCUT2D eigenvalue weighted by Crippen LogP contribution is 2.22. The van der Waals surface area contributed by atoms with Crippen molar-refractivity contribution >= 4 is 34.0 Å². The van der Waals surface area contributed by atoms with Gasteiger partial charge in [0.05, 0.1) is 16.3 Å². The van der Waals surface area contributed by atoms with Crippen LogP contribution in [-0.4, -0.2) is 28.2 Å². The van der Waals surface area contributed by atoms with Crippen LogP contribution < -0.4 is 11.1 Å². The zero-order valence-electron chi connectivity index (χ0n) is 9.70. The first kappa shape index (κ1) is 14.0. The van der Waals surface area contributed by atoms with Crippen molar-refractivity contribution in [2.24, 2.45) is 0 Å². The van der Waals surface area contributed by atoms with Crippen LogP contribution in [0.1, 0.15) is 17.3 Å². The monoisotopic (exact) mass is 274 g/mol. The molecule has 1 rings (SSSR count). The van der Waals surface area contributed by atoms with Gasteiger partial charge in [-0.2, -0.15) is 0 Å². The molecule has 0 bridgehead atoms. The van der Waals surface area contributed by atoms with E-state index in [1.807, 2.05) is 0 Å². The summed E-state index contributed by atoms with van der Waals surface area (Å²) in [4.78, 5) is 11.8. The molecule has 0 aliphatic carbocycles. The Bertz CT molecular complexity index is 451. The third-order valence-corrected chi connectivity index (χ3v) is 4.04. The highest BCUT2D eigenvalue weighted by molar-refractivity contribution is 7.84. The minimum absolute atomic E-state index is 0.0978. The Morgan fingerprint density at radius 2 is 2.24 bits per heavy atom. The molecule has 1 amide bonds. The molecule has 6 heteroatoms. The molecule has 0 saturated carbocycles. The first-order valence-corrected chi connectivity index (χ1v) is 7.07. The van der Waals surface area contributed by atoms with Crippen LogP contribution >= 0.6 is 11.6 Å². The van der Waals surface area contributed by atoms with Gasteiger partial charge in [-0.25, -0.2) is 0 Å². The number of amides is 1. The lowest BCUT2D eigenvalue weighted by Gasteiger charge is -2.11. The zero-order chi connectivity index (χ0) is 13.0. The Balaban J connectivity index is 2.71. The van der Waals surface area contributed by atoms with Gasteiger partial charge in [0.1, 0.15) is 0 Å². The van der Waals surface area contributed by atoms with Crippen LogP contribution in [0.3, 0.4) is 0 Å². The normalized spacial score (nSPS) is 14.1. The lowest BCUT2D eigenvalue weighted by atomic mass is 10.1. The third kappa shape index (κ3) is 3.71. The molecule has 1 aromatic carbocycles. The number of benzene rings is 1. The van der Waals surface area contributed by atoms with Crippen molar-refractivity contribution in [1.82, 2.24) is 5.32 Å². The van der Waals surface area contributed by atoms with Crippen molar-refractivity contribution in [1.29, 1.82) is 0 Å². The molecule has 0 heterocycles. The number of carbonyl (C=O) groups is 1. The van der Waals surface area contributed by atoms with Crippen LogP contribution in [0.4, 0.5) is 5.69 Å². The van der Waals surface area contributed by atoms with Gasteiger partial charge in [0.25, 0.3) is 5.91 Å². The van der Waals surface area contributed by atoms with Crippen molar-refractivity contribution < 1.29 is 9.00 Å². The maximum Gasteiger partial charge on any atom is 0.253 e. The lowest BCUT2D eigenvalue weighted by Crippen LogP contribution is -2.33. The van der Waals surface area contributed by atoms with Gasteiger partial charge in [0, 0.05) is 28.9 Å². The summed E-state index contributed by atoms with van der Waals surface area (Å²) >= 11 is 5.82. The minimum atomic E-state index is -0.965. The zero-order valence-corrected chi connectivity index (χ0v) is 11.3. The van der Waals surface area contributed by atoms with E-state index in [4.69, 9.17) is 17.3 Å². The summed E-state index contributed by atoms with van der Waals surface area (Å²) < 4.78 is 11.1. The van der Waals surface area contributed by atoms with E-state index < -0.39 is 10.8 Å². The Morgan fingerprint density at radius 3 is 2.82 bits per heavy atom. The molecule has 0 fully saturated rings. The minimum Gasteiger partial charge on any atom is -0.397 e. The summed E-state index contributed by atoms with van der Waals surface area (Å²) in [5.41, 5.74) is 6.30. The summed E-state index contributed by atoms with van der Waals surface area (Å²) in [6.07, 6.45) is 1.60. The van der Waals surface area contributed by atoms with Gasteiger partial charge in [-0.05, 0) is 19.1 Å². The van der Waals surface area contributed by atoms with Crippen LogP contribution in [-0.2, 0) is 10.8 Å². The number of nitrogen functional groups attached to an aromatic ring is 1. The molecule has 0 spiro atoms. The molecule has 2 unspecified atom stereocenters. The van der Waals surface area contributed by atoms with Gasteiger partial charge >= 0.3 is 0 Å². The van der Waals surface area contributed by atoms with Crippen LogP contribution in [0.5, 0.6) is 0 Å². The number of anilines is 1. The Labute approximate surface area is 108 Å². The molecule has 0 aromatic heterocycles. The van der Waals surface area contributed by atoms with E-state index >= 15 is 0 Å². The molecule has 1 aromatic rings. The van der Waals surface area contributed by atoms with E-state index in [9.17, 15) is 9.00 Å². The number of nitrogens with two attached hydrogens (primary N) is 1. The smallest absolute Gasteiger partial charge is 0.253 e. The number of rotatable bonds is 4. The summed E-state index contributed by atoms with van der Waals surface area (Å²) in [6, 6.07) is 4.89. The van der Waals surface area contributed by atoms with Crippen LogP contribution in [0.25, 0.3) is 0 Å². The lowest BCUT2D eigenvalue weighted by molar-refractivity contribution is 0.0955. The van der Waals surface area contributed by atoms with Gasteiger partial charge < -0.3 is 11.1 Å². The summed E-state index contributed by atoms with van der Waals surface area (Å²) in [5.74, 6) is -0.303. The van der Waals surface area contributed by atoms with Crippen LogP contribution in [0, 0.1) is 0 Å². The predicted octanol–water partition coefficient (Wildman–Crippen LogP) is 1.42. The number of carbonyl (C=O) groups excluding carboxylic acids is 1. The highest BCUT2D eigenvalue weighted by atomic mass is 35.5. The summed E-state index contributed by atoms with van der Waals surface area (Å²) in [6.45, 7) is 2.14. The highest BCUT2D eigenvalue weighted by Gasteiger charge is 2.13. The molecule has 4 nitrogen and oxygen atoms in total. The standard InChI is InChI=1S/C11H15ClN2O2S/c1-7(17(2)16)6-14-11(15)8-4-3-5-9(12)10(8)13/h3-5,7H,6,13H2,1-2H3,(H,14,15). The summed E-state index contributed by atoms with van der Waals surface area (Å²) in [5, 5.41) is 2.93. The molecule has 3 N–H and O–H groups in total. The number of para-hydroxylation sites is 1. The quantitative estimate of drug-likeness (QED) is 0.816. The molecular formula is C11H15ClN2O2S. The molecule has 2 atom stereocenters. The number of halogens is 1. The van der Waals surface area contributed by atoms with Crippen molar-refractivity contribution in [3.05, 3.63) is 28.8 Å². The maximum atomic E-state index is 11.8. The molecule has 0 aliphatic rings. The predicted molar refractivity (Wildman–Crippen MR) is 71.7 cm³/mol. The average molecular weight is 275 g/mol. The van der Waals surface area contributed by atoms with Gasteiger partial charge in [0.15, 0.2) is 0 Å². The topological polar surface area (TPSA) is 72.2 Å². The van der Waals surface area contributed by atoms with Crippen LogP contribution in [0.2, 0.25) is 5.02 Å². The Kier molecular flexibility index (Phi) is 4.96. The Morgan fingerprint density at radius 1 is 1.59 bits per heavy atom. The second-order valence-electron chi connectivity index (χ2n) is 3.72. The fourth-order valence-electron chi connectivity index (χ4n) is 1.18.